The fraction of sp³-hybridized carbons (Fsp3) is 0.227. The number of carbonyl (C=O) groups is 1. The fourth-order valence-electron chi connectivity index (χ4n) is 3.71. The zero-order valence-corrected chi connectivity index (χ0v) is 17.4. The highest BCUT2D eigenvalue weighted by Crippen LogP contribution is 2.48. The van der Waals surface area contributed by atoms with E-state index in [0.717, 1.165) is 14.4 Å². The molecule has 0 bridgehead atoms. The molecular formula is C22H19BrFNO2S. The van der Waals surface area contributed by atoms with Crippen LogP contribution in [0.4, 0.5) is 10.1 Å². The van der Waals surface area contributed by atoms with Gasteiger partial charge in [0.05, 0.1) is 21.9 Å². The Morgan fingerprint density at radius 1 is 1.07 bits per heavy atom. The third-order valence-corrected chi connectivity index (χ3v) is 6.83. The van der Waals surface area contributed by atoms with Crippen molar-refractivity contribution in [3.05, 3.63) is 86.8 Å². The van der Waals surface area contributed by atoms with E-state index >= 15 is 0 Å². The summed E-state index contributed by atoms with van der Waals surface area (Å²) in [6.07, 6.45) is 0.309. The van der Waals surface area contributed by atoms with Crippen LogP contribution in [0.15, 0.2) is 70.5 Å². The second-order valence-corrected chi connectivity index (χ2v) is 9.38. The molecule has 28 heavy (non-hydrogen) atoms. The number of halogens is 2. The molecule has 1 aliphatic heterocycles. The number of carbonyl (C=O) groups excluding carboxylic acids is 1. The van der Waals surface area contributed by atoms with E-state index in [1.54, 1.807) is 23.5 Å². The quantitative estimate of drug-likeness (QED) is 0.468. The second-order valence-electron chi connectivity index (χ2n) is 6.88. The Bertz CT molecular complexity index is 960. The maximum atomic E-state index is 13.1. The average molecular weight is 460 g/mol. The first kappa shape index (κ1) is 19.3. The SMILES string of the molecule is O=C1[C@H](CCC(O)c2ccc(F)cc2)[C@@H](c2ccc(Br)s2)N1c1ccccc1. The molecule has 0 aliphatic carbocycles. The highest BCUT2D eigenvalue weighted by molar-refractivity contribution is 9.11. The van der Waals surface area contributed by atoms with Crippen molar-refractivity contribution >= 4 is 38.9 Å². The van der Waals surface area contributed by atoms with E-state index in [-0.39, 0.29) is 23.7 Å². The molecule has 1 N–H and O–H groups in total. The van der Waals surface area contributed by atoms with E-state index in [0.29, 0.717) is 18.4 Å². The van der Waals surface area contributed by atoms with Crippen LogP contribution in [0.3, 0.4) is 0 Å². The number of hydrogen-bond donors (Lipinski definition) is 1. The van der Waals surface area contributed by atoms with Crippen LogP contribution >= 0.6 is 27.3 Å². The third kappa shape index (κ3) is 3.77. The van der Waals surface area contributed by atoms with Crippen molar-refractivity contribution in [2.24, 2.45) is 5.92 Å². The maximum absolute atomic E-state index is 13.1. The standard InChI is InChI=1S/C22H19BrFNO2S/c23-20-13-12-19(28-20)21-17(22(27)25(21)16-4-2-1-3-5-16)10-11-18(26)14-6-8-15(24)9-7-14/h1-9,12-13,17-18,21,26H,10-11H2/t17-,18?,21+/m1/s1. The summed E-state index contributed by atoms with van der Waals surface area (Å²) < 4.78 is 14.1. The number of β-lactam (4-membered cyclic amide) rings is 1. The van der Waals surface area contributed by atoms with E-state index in [1.807, 2.05) is 47.4 Å². The Labute approximate surface area is 175 Å². The van der Waals surface area contributed by atoms with Crippen molar-refractivity contribution in [1.29, 1.82) is 0 Å². The van der Waals surface area contributed by atoms with Gasteiger partial charge in [-0.3, -0.25) is 4.79 Å². The molecule has 0 saturated carbocycles. The van der Waals surface area contributed by atoms with Crippen LogP contribution in [0.2, 0.25) is 0 Å². The maximum Gasteiger partial charge on any atom is 0.233 e. The Morgan fingerprint density at radius 3 is 2.43 bits per heavy atom. The van der Waals surface area contributed by atoms with Gasteiger partial charge in [0.15, 0.2) is 0 Å². The number of anilines is 1. The van der Waals surface area contributed by atoms with Crippen molar-refractivity contribution < 1.29 is 14.3 Å². The Hall–Kier alpha value is -2.02. The van der Waals surface area contributed by atoms with Gasteiger partial charge in [-0.1, -0.05) is 30.3 Å². The number of aliphatic hydroxyl groups is 1. The summed E-state index contributed by atoms with van der Waals surface area (Å²) in [4.78, 5) is 15.9. The lowest BCUT2D eigenvalue weighted by Gasteiger charge is -2.47. The topological polar surface area (TPSA) is 40.5 Å². The Kier molecular flexibility index (Phi) is 5.62. The molecule has 2 heterocycles. The lowest BCUT2D eigenvalue weighted by molar-refractivity contribution is -0.130. The largest absolute Gasteiger partial charge is 0.388 e. The normalized spacial score (nSPS) is 20.1. The van der Waals surface area contributed by atoms with Crippen molar-refractivity contribution in [2.75, 3.05) is 4.90 Å². The van der Waals surface area contributed by atoms with Gasteiger partial charge in [-0.05, 0) is 70.7 Å². The molecule has 144 valence electrons. The van der Waals surface area contributed by atoms with Crippen molar-refractivity contribution in [2.45, 2.75) is 25.0 Å². The van der Waals surface area contributed by atoms with Gasteiger partial charge in [0, 0.05) is 10.6 Å². The molecule has 1 unspecified atom stereocenters. The summed E-state index contributed by atoms with van der Waals surface area (Å²) in [5, 5.41) is 10.5. The Balaban J connectivity index is 1.52. The molecule has 1 aliphatic rings. The van der Waals surface area contributed by atoms with Crippen LogP contribution in [0.5, 0.6) is 0 Å². The van der Waals surface area contributed by atoms with Gasteiger partial charge in [0.25, 0.3) is 0 Å². The minimum atomic E-state index is -0.713. The molecule has 3 nitrogen and oxygen atoms in total. The highest BCUT2D eigenvalue weighted by Gasteiger charge is 2.49. The molecule has 1 amide bonds. The number of para-hydroxylation sites is 1. The Morgan fingerprint density at radius 2 is 1.79 bits per heavy atom. The number of benzene rings is 2. The number of nitrogens with zero attached hydrogens (tertiary/aromatic N) is 1. The molecule has 0 radical (unpaired) electrons. The molecular weight excluding hydrogens is 441 g/mol. The van der Waals surface area contributed by atoms with Crippen LogP contribution in [-0.2, 0) is 4.79 Å². The molecule has 1 fully saturated rings. The molecule has 1 aromatic heterocycles. The van der Waals surface area contributed by atoms with E-state index < -0.39 is 6.10 Å². The van der Waals surface area contributed by atoms with Gasteiger partial charge in [0.2, 0.25) is 5.91 Å². The first-order chi connectivity index (χ1) is 13.5. The minimum Gasteiger partial charge on any atom is -0.388 e. The summed E-state index contributed by atoms with van der Waals surface area (Å²) >= 11 is 5.13. The van der Waals surface area contributed by atoms with Crippen molar-refractivity contribution in [3.63, 3.8) is 0 Å². The van der Waals surface area contributed by atoms with Crippen LogP contribution < -0.4 is 4.90 Å². The lowest BCUT2D eigenvalue weighted by Crippen LogP contribution is -2.55. The van der Waals surface area contributed by atoms with Crippen LogP contribution in [0.25, 0.3) is 0 Å². The predicted molar refractivity (Wildman–Crippen MR) is 113 cm³/mol. The van der Waals surface area contributed by atoms with Gasteiger partial charge in [-0.2, -0.15) is 0 Å². The number of rotatable bonds is 6. The van der Waals surface area contributed by atoms with E-state index in [2.05, 4.69) is 15.9 Å². The minimum absolute atomic E-state index is 0.0355. The molecule has 3 atom stereocenters. The van der Waals surface area contributed by atoms with Crippen molar-refractivity contribution in [3.8, 4) is 0 Å². The van der Waals surface area contributed by atoms with Crippen molar-refractivity contribution in [1.82, 2.24) is 0 Å². The molecule has 3 aromatic rings. The summed E-state index contributed by atoms with van der Waals surface area (Å²) in [6, 6.07) is 19.5. The summed E-state index contributed by atoms with van der Waals surface area (Å²) in [6.45, 7) is 0. The monoisotopic (exact) mass is 459 g/mol. The van der Waals surface area contributed by atoms with E-state index in [1.165, 1.54) is 12.1 Å². The van der Waals surface area contributed by atoms with E-state index in [4.69, 9.17) is 0 Å². The molecule has 4 rings (SSSR count). The predicted octanol–water partition coefficient (Wildman–Crippen LogP) is 5.87. The molecule has 1 saturated heterocycles. The van der Waals surface area contributed by atoms with Crippen LogP contribution in [0, 0.1) is 11.7 Å². The highest BCUT2D eigenvalue weighted by atomic mass is 79.9. The van der Waals surface area contributed by atoms with Crippen LogP contribution in [0.1, 0.15) is 35.4 Å². The van der Waals surface area contributed by atoms with Crippen LogP contribution in [-0.4, -0.2) is 11.0 Å². The number of aliphatic hydroxyl groups excluding tert-OH is 1. The number of hydrogen-bond acceptors (Lipinski definition) is 3. The first-order valence-corrected chi connectivity index (χ1v) is 10.7. The van der Waals surface area contributed by atoms with Gasteiger partial charge in [-0.15, -0.1) is 11.3 Å². The summed E-state index contributed by atoms with van der Waals surface area (Å²) in [7, 11) is 0. The zero-order chi connectivity index (χ0) is 19.7. The average Bonchev–Trinajstić information content (AvgIpc) is 3.12. The van der Waals surface area contributed by atoms with Gasteiger partial charge >= 0.3 is 0 Å². The van der Waals surface area contributed by atoms with Gasteiger partial charge < -0.3 is 10.0 Å². The number of thiophene rings is 1. The third-order valence-electron chi connectivity index (χ3n) is 5.14. The second kappa shape index (κ2) is 8.15. The smallest absolute Gasteiger partial charge is 0.233 e. The molecule has 6 heteroatoms. The summed E-state index contributed by atoms with van der Waals surface area (Å²) in [5.74, 6) is -0.431. The first-order valence-electron chi connectivity index (χ1n) is 9.11. The fourth-order valence-corrected chi connectivity index (χ4v) is 5.29. The molecule has 0 spiro atoms. The molecule has 2 aromatic carbocycles. The van der Waals surface area contributed by atoms with Gasteiger partial charge in [0.1, 0.15) is 5.82 Å². The number of amides is 1. The summed E-state index contributed by atoms with van der Waals surface area (Å²) in [5.41, 5.74) is 1.56. The van der Waals surface area contributed by atoms with E-state index in [9.17, 15) is 14.3 Å². The van der Waals surface area contributed by atoms with Gasteiger partial charge in [-0.25, -0.2) is 4.39 Å². The lowest BCUT2D eigenvalue weighted by atomic mass is 9.81. The zero-order valence-electron chi connectivity index (χ0n) is 15.0.